The zero-order chi connectivity index (χ0) is 22.2. The molecule has 2 heterocycles. The van der Waals surface area contributed by atoms with Gasteiger partial charge in [0.25, 0.3) is 15.7 Å². The van der Waals surface area contributed by atoms with Crippen molar-refractivity contribution in [2.75, 3.05) is 4.72 Å². The van der Waals surface area contributed by atoms with Crippen LogP contribution in [0.25, 0.3) is 11.4 Å². The molecule has 0 fully saturated rings. The lowest BCUT2D eigenvalue weighted by Crippen LogP contribution is -2.15. The molecule has 0 saturated carbocycles. The first kappa shape index (κ1) is 21.0. The van der Waals surface area contributed by atoms with E-state index in [9.17, 15) is 18.5 Å². The largest absolute Gasteiger partial charge is 0.311 e. The molecular weight excluding hydrogens is 418 g/mol. The van der Waals surface area contributed by atoms with Gasteiger partial charge < -0.3 is 4.57 Å². The van der Waals surface area contributed by atoms with Gasteiger partial charge in [0.15, 0.2) is 5.82 Å². The van der Waals surface area contributed by atoms with E-state index >= 15 is 0 Å². The first-order valence-corrected chi connectivity index (χ1v) is 11.6. The average Bonchev–Trinajstić information content (AvgIpc) is 2.97. The smallest absolute Gasteiger partial charge is 0.271 e. The molecular formula is C21H23N5O4S. The molecule has 0 atom stereocenters. The van der Waals surface area contributed by atoms with E-state index in [0.29, 0.717) is 22.6 Å². The van der Waals surface area contributed by atoms with Crippen molar-refractivity contribution in [1.82, 2.24) is 14.8 Å². The maximum Gasteiger partial charge on any atom is 0.271 e. The van der Waals surface area contributed by atoms with Gasteiger partial charge in [0.1, 0.15) is 5.82 Å². The van der Waals surface area contributed by atoms with Crippen molar-refractivity contribution in [3.8, 4) is 11.4 Å². The predicted molar refractivity (Wildman–Crippen MR) is 116 cm³/mol. The molecule has 1 N–H and O–H groups in total. The highest BCUT2D eigenvalue weighted by Gasteiger charge is 2.23. The predicted octanol–water partition coefficient (Wildman–Crippen LogP) is 4.00. The number of aromatic nitrogens is 3. The zero-order valence-corrected chi connectivity index (χ0v) is 18.1. The van der Waals surface area contributed by atoms with Gasteiger partial charge in [-0.15, -0.1) is 10.2 Å². The normalized spacial score (nSPS) is 14.0. The lowest BCUT2D eigenvalue weighted by molar-refractivity contribution is -0.385. The Bertz CT molecular complexity index is 1270. The Hall–Kier alpha value is -3.27. The van der Waals surface area contributed by atoms with Crippen LogP contribution in [-0.4, -0.2) is 28.1 Å². The highest BCUT2D eigenvalue weighted by molar-refractivity contribution is 7.92. The van der Waals surface area contributed by atoms with Crippen LogP contribution in [0.3, 0.4) is 0 Å². The Kier molecular flexibility index (Phi) is 5.48. The molecule has 10 heteroatoms. The van der Waals surface area contributed by atoms with E-state index in [1.165, 1.54) is 6.07 Å². The molecule has 1 aliphatic heterocycles. The lowest BCUT2D eigenvalue weighted by Gasteiger charge is -2.13. The fourth-order valence-corrected chi connectivity index (χ4v) is 5.21. The number of nitrogens with one attached hydrogen (secondary N) is 1. The summed E-state index contributed by atoms with van der Waals surface area (Å²) in [5, 5.41) is 19.8. The van der Waals surface area contributed by atoms with Gasteiger partial charge in [-0.05, 0) is 49.9 Å². The monoisotopic (exact) mass is 441 g/mol. The Balaban J connectivity index is 1.69. The summed E-state index contributed by atoms with van der Waals surface area (Å²) in [6, 6.07) is 9.41. The number of benzene rings is 2. The number of fused-ring (bicyclic) bond motifs is 1. The number of hydrogen-bond donors (Lipinski definition) is 1. The van der Waals surface area contributed by atoms with Crippen LogP contribution in [0.1, 0.15) is 36.2 Å². The van der Waals surface area contributed by atoms with Crippen LogP contribution < -0.4 is 4.72 Å². The summed E-state index contributed by atoms with van der Waals surface area (Å²) in [6.07, 6.45) is 4.16. The molecule has 162 valence electrons. The molecule has 0 unspecified atom stereocenters. The Labute approximate surface area is 180 Å². The summed E-state index contributed by atoms with van der Waals surface area (Å²) in [5.41, 5.74) is 1.86. The fourth-order valence-electron chi connectivity index (χ4n) is 3.82. The molecule has 2 aromatic carbocycles. The van der Waals surface area contributed by atoms with E-state index in [4.69, 9.17) is 0 Å². The van der Waals surface area contributed by atoms with Crippen molar-refractivity contribution in [1.29, 1.82) is 0 Å². The molecule has 1 aliphatic rings. The molecule has 3 aromatic rings. The van der Waals surface area contributed by atoms with Gasteiger partial charge in [0, 0.05) is 36.3 Å². The van der Waals surface area contributed by atoms with Crippen molar-refractivity contribution >= 4 is 21.4 Å². The van der Waals surface area contributed by atoms with Gasteiger partial charge in [-0.1, -0.05) is 18.6 Å². The molecule has 0 aliphatic carbocycles. The molecule has 0 bridgehead atoms. The third kappa shape index (κ3) is 4.15. The standard InChI is InChI=1S/C21H23N5O4S/c1-14-11-18(26(27)28)13-19(15(14)2)31(29,30)24-17-8-6-7-16(12-17)21-23-22-20-9-4-3-5-10-25(20)21/h6-8,11-13,24H,3-5,9-10H2,1-2H3. The number of sulfonamides is 1. The van der Waals surface area contributed by atoms with Crippen molar-refractivity contribution in [2.24, 2.45) is 0 Å². The number of anilines is 1. The maximum absolute atomic E-state index is 13.1. The summed E-state index contributed by atoms with van der Waals surface area (Å²) in [4.78, 5) is 10.5. The highest BCUT2D eigenvalue weighted by Crippen LogP contribution is 2.29. The van der Waals surface area contributed by atoms with E-state index in [0.717, 1.165) is 49.7 Å². The van der Waals surface area contributed by atoms with Gasteiger partial charge in [-0.25, -0.2) is 8.42 Å². The van der Waals surface area contributed by atoms with Crippen molar-refractivity contribution in [3.63, 3.8) is 0 Å². The molecule has 9 nitrogen and oxygen atoms in total. The van der Waals surface area contributed by atoms with Crippen molar-refractivity contribution in [2.45, 2.75) is 51.0 Å². The van der Waals surface area contributed by atoms with E-state index in [1.54, 1.807) is 32.0 Å². The molecule has 1 aromatic heterocycles. The number of rotatable bonds is 5. The third-order valence-corrected chi connectivity index (χ3v) is 7.09. The number of nitrogens with zero attached hydrogens (tertiary/aromatic N) is 4. The van der Waals surface area contributed by atoms with E-state index < -0.39 is 14.9 Å². The van der Waals surface area contributed by atoms with E-state index in [-0.39, 0.29) is 10.6 Å². The lowest BCUT2D eigenvalue weighted by atomic mass is 10.1. The van der Waals surface area contributed by atoms with Crippen LogP contribution >= 0.6 is 0 Å². The minimum atomic E-state index is -4.03. The minimum Gasteiger partial charge on any atom is -0.311 e. The minimum absolute atomic E-state index is 0.110. The molecule has 0 spiro atoms. The Morgan fingerprint density at radius 2 is 1.90 bits per heavy atom. The number of aryl methyl sites for hydroxylation is 2. The van der Waals surface area contributed by atoms with E-state index in [1.807, 2.05) is 6.07 Å². The fraction of sp³-hybridized carbons (Fsp3) is 0.333. The molecule has 0 saturated heterocycles. The number of hydrogen-bond acceptors (Lipinski definition) is 6. The van der Waals surface area contributed by atoms with Gasteiger partial charge in [0.2, 0.25) is 0 Å². The number of nitro benzene ring substituents is 1. The summed E-state index contributed by atoms with van der Waals surface area (Å²) in [7, 11) is -4.03. The van der Waals surface area contributed by atoms with Crippen LogP contribution in [-0.2, 0) is 23.0 Å². The van der Waals surface area contributed by atoms with Gasteiger partial charge in [-0.3, -0.25) is 14.8 Å². The summed E-state index contributed by atoms with van der Waals surface area (Å²) >= 11 is 0. The third-order valence-electron chi connectivity index (χ3n) is 5.59. The van der Waals surface area contributed by atoms with Crippen LogP contribution in [0, 0.1) is 24.0 Å². The summed E-state index contributed by atoms with van der Waals surface area (Å²) in [5.74, 6) is 1.65. The Morgan fingerprint density at radius 3 is 2.68 bits per heavy atom. The Morgan fingerprint density at radius 1 is 1.10 bits per heavy atom. The second-order valence-corrected chi connectivity index (χ2v) is 9.38. The van der Waals surface area contributed by atoms with E-state index in [2.05, 4.69) is 19.5 Å². The highest BCUT2D eigenvalue weighted by atomic mass is 32.2. The first-order valence-electron chi connectivity index (χ1n) is 10.1. The zero-order valence-electron chi connectivity index (χ0n) is 17.3. The molecule has 0 amide bonds. The SMILES string of the molecule is Cc1cc([N+](=O)[O-])cc(S(=O)(=O)Nc2cccc(-c3nnc4n3CCCCC4)c2)c1C. The second-order valence-electron chi connectivity index (χ2n) is 7.73. The van der Waals surface area contributed by atoms with Crippen LogP contribution in [0.2, 0.25) is 0 Å². The molecule has 0 radical (unpaired) electrons. The molecule has 31 heavy (non-hydrogen) atoms. The van der Waals surface area contributed by atoms with Gasteiger partial charge in [0.05, 0.1) is 9.82 Å². The second kappa shape index (κ2) is 8.10. The van der Waals surface area contributed by atoms with Crippen molar-refractivity contribution in [3.05, 3.63) is 63.5 Å². The van der Waals surface area contributed by atoms with Crippen molar-refractivity contribution < 1.29 is 13.3 Å². The first-order chi connectivity index (χ1) is 14.8. The quantitative estimate of drug-likeness (QED) is 0.472. The van der Waals surface area contributed by atoms with Gasteiger partial charge >= 0.3 is 0 Å². The van der Waals surface area contributed by atoms with Crippen LogP contribution in [0.4, 0.5) is 11.4 Å². The number of nitro groups is 1. The van der Waals surface area contributed by atoms with Crippen LogP contribution in [0.5, 0.6) is 0 Å². The maximum atomic E-state index is 13.1. The molecule has 4 rings (SSSR count). The average molecular weight is 442 g/mol. The van der Waals surface area contributed by atoms with Crippen LogP contribution in [0.15, 0.2) is 41.3 Å². The summed E-state index contributed by atoms with van der Waals surface area (Å²) in [6.45, 7) is 4.12. The van der Waals surface area contributed by atoms with Gasteiger partial charge in [-0.2, -0.15) is 0 Å². The number of non-ortho nitro benzene ring substituents is 1. The summed E-state index contributed by atoms with van der Waals surface area (Å²) < 4.78 is 30.8. The topological polar surface area (TPSA) is 120 Å².